The highest BCUT2D eigenvalue weighted by molar-refractivity contribution is 5.87. The number of carbonyl (C=O) groups is 5. The van der Waals surface area contributed by atoms with Crippen LogP contribution in [0.15, 0.2) is 88.3 Å². The molecule has 0 heterocycles. The molecule has 0 aliphatic rings. The van der Waals surface area contributed by atoms with E-state index in [0.29, 0.717) is 18.2 Å². The molecule has 0 fully saturated rings. The molecule has 194 valence electrons. The van der Waals surface area contributed by atoms with Crippen molar-refractivity contribution in [2.75, 3.05) is 13.2 Å². The predicted molar refractivity (Wildman–Crippen MR) is 127 cm³/mol. The van der Waals surface area contributed by atoms with Crippen LogP contribution in [0.25, 0.3) is 0 Å². The van der Waals surface area contributed by atoms with Crippen molar-refractivity contribution in [3.05, 3.63) is 88.3 Å². The van der Waals surface area contributed by atoms with Gasteiger partial charge in [0.1, 0.15) is 19.0 Å². The summed E-state index contributed by atoms with van der Waals surface area (Å²) in [5.74, 6) is -6.05. The first kappa shape index (κ1) is 31.3. The lowest BCUT2D eigenvalue weighted by molar-refractivity contribution is -0.203. The van der Waals surface area contributed by atoms with Crippen molar-refractivity contribution in [1.82, 2.24) is 0 Å². The number of esters is 5. The summed E-state index contributed by atoms with van der Waals surface area (Å²) in [6.45, 7) is 22.9. The SMILES string of the molecule is C=CCOC(=O)C(OC(=C)C=C)C(OC(=O)C=C)C(OC(=O)C=C)C(OC(=O)C=C)C(=O)OCC=C. The zero-order chi connectivity index (χ0) is 27.7. The second-order valence-corrected chi connectivity index (χ2v) is 6.32. The minimum Gasteiger partial charge on any atom is -0.475 e. The number of hydrogen-bond acceptors (Lipinski definition) is 11. The molecule has 0 amide bonds. The van der Waals surface area contributed by atoms with Crippen molar-refractivity contribution < 1.29 is 52.4 Å². The minimum atomic E-state index is -2.10. The molecule has 11 heteroatoms. The first-order valence-electron chi connectivity index (χ1n) is 10.1. The molecule has 0 aromatic rings. The third kappa shape index (κ3) is 10.5. The van der Waals surface area contributed by atoms with E-state index in [1.165, 1.54) is 12.2 Å². The fraction of sp³-hybridized carbons (Fsp3) is 0.240. The highest BCUT2D eigenvalue weighted by atomic mass is 16.6. The highest BCUT2D eigenvalue weighted by Gasteiger charge is 2.50. The quantitative estimate of drug-likeness (QED) is 0.0674. The number of carbonyl (C=O) groups excluding carboxylic acids is 5. The normalized spacial score (nSPS) is 13.0. The number of ether oxygens (including phenoxy) is 6. The van der Waals surface area contributed by atoms with Gasteiger partial charge in [-0.05, 0) is 6.08 Å². The van der Waals surface area contributed by atoms with Gasteiger partial charge in [-0.15, -0.1) is 0 Å². The fourth-order valence-electron chi connectivity index (χ4n) is 2.30. The molecule has 0 aromatic heterocycles. The van der Waals surface area contributed by atoms with Crippen LogP contribution in [0.5, 0.6) is 0 Å². The average molecular weight is 504 g/mol. The van der Waals surface area contributed by atoms with Crippen LogP contribution < -0.4 is 0 Å². The summed E-state index contributed by atoms with van der Waals surface area (Å²) >= 11 is 0. The molecule has 0 saturated heterocycles. The Morgan fingerprint density at radius 2 is 0.917 bits per heavy atom. The Morgan fingerprint density at radius 1 is 0.556 bits per heavy atom. The van der Waals surface area contributed by atoms with Crippen LogP contribution in [0.4, 0.5) is 0 Å². The number of hydrogen-bond donors (Lipinski definition) is 0. The van der Waals surface area contributed by atoms with E-state index in [4.69, 9.17) is 28.4 Å². The van der Waals surface area contributed by atoms with E-state index in [1.54, 1.807) is 0 Å². The van der Waals surface area contributed by atoms with Gasteiger partial charge < -0.3 is 28.4 Å². The molecule has 0 bridgehead atoms. The number of rotatable bonds is 18. The first-order valence-corrected chi connectivity index (χ1v) is 10.1. The summed E-state index contributed by atoms with van der Waals surface area (Å²) in [7, 11) is 0. The summed E-state index contributed by atoms with van der Waals surface area (Å²) in [4.78, 5) is 62.1. The van der Waals surface area contributed by atoms with E-state index in [-0.39, 0.29) is 19.0 Å². The fourth-order valence-corrected chi connectivity index (χ4v) is 2.30. The maximum absolute atomic E-state index is 12.9. The lowest BCUT2D eigenvalue weighted by Crippen LogP contribution is -2.56. The predicted octanol–water partition coefficient (Wildman–Crippen LogP) is 1.82. The van der Waals surface area contributed by atoms with Crippen LogP contribution in [0.3, 0.4) is 0 Å². The second-order valence-electron chi connectivity index (χ2n) is 6.32. The van der Waals surface area contributed by atoms with E-state index >= 15 is 0 Å². The molecule has 0 saturated carbocycles. The largest absolute Gasteiger partial charge is 0.475 e. The van der Waals surface area contributed by atoms with Gasteiger partial charge in [-0.1, -0.05) is 58.2 Å². The minimum absolute atomic E-state index is 0.196. The van der Waals surface area contributed by atoms with Gasteiger partial charge in [-0.25, -0.2) is 24.0 Å². The van der Waals surface area contributed by atoms with Crippen LogP contribution in [0.1, 0.15) is 0 Å². The van der Waals surface area contributed by atoms with Crippen molar-refractivity contribution in [2.45, 2.75) is 24.4 Å². The van der Waals surface area contributed by atoms with Crippen molar-refractivity contribution in [3.63, 3.8) is 0 Å². The van der Waals surface area contributed by atoms with Gasteiger partial charge in [0.2, 0.25) is 12.2 Å². The van der Waals surface area contributed by atoms with Gasteiger partial charge in [-0.2, -0.15) is 0 Å². The molecule has 4 atom stereocenters. The van der Waals surface area contributed by atoms with Gasteiger partial charge in [0.05, 0.1) is 0 Å². The van der Waals surface area contributed by atoms with Gasteiger partial charge >= 0.3 is 29.8 Å². The Labute approximate surface area is 208 Å². The summed E-state index contributed by atoms with van der Waals surface area (Å²) in [5.41, 5.74) is 0. The van der Waals surface area contributed by atoms with E-state index in [2.05, 4.69) is 46.1 Å². The van der Waals surface area contributed by atoms with E-state index < -0.39 is 54.3 Å². The van der Waals surface area contributed by atoms with Crippen molar-refractivity contribution in [2.24, 2.45) is 0 Å². The molecule has 0 aromatic carbocycles. The lowest BCUT2D eigenvalue weighted by Gasteiger charge is -2.34. The summed E-state index contributed by atoms with van der Waals surface area (Å²) in [6, 6.07) is 0. The van der Waals surface area contributed by atoms with Gasteiger partial charge in [0.15, 0.2) is 12.2 Å². The zero-order valence-electron chi connectivity index (χ0n) is 19.6. The van der Waals surface area contributed by atoms with E-state index in [0.717, 1.165) is 6.08 Å². The van der Waals surface area contributed by atoms with Crippen molar-refractivity contribution >= 4 is 29.8 Å². The molecule has 0 N–H and O–H groups in total. The molecule has 0 spiro atoms. The molecule has 0 aliphatic heterocycles. The van der Waals surface area contributed by atoms with Crippen LogP contribution in [-0.2, 0) is 52.4 Å². The second kappa shape index (κ2) is 16.9. The first-order chi connectivity index (χ1) is 17.1. The molecule has 4 unspecified atom stereocenters. The van der Waals surface area contributed by atoms with Crippen molar-refractivity contribution in [3.8, 4) is 0 Å². The third-order valence-electron chi connectivity index (χ3n) is 3.83. The maximum atomic E-state index is 12.9. The molecule has 0 aliphatic carbocycles. The van der Waals surface area contributed by atoms with Crippen LogP contribution in [0.2, 0.25) is 0 Å². The molecular weight excluding hydrogens is 476 g/mol. The summed E-state index contributed by atoms with van der Waals surface area (Å²) < 4.78 is 30.8. The molecule has 36 heavy (non-hydrogen) atoms. The average Bonchev–Trinajstić information content (AvgIpc) is 2.88. The zero-order valence-corrected chi connectivity index (χ0v) is 19.6. The molecule has 11 nitrogen and oxygen atoms in total. The summed E-state index contributed by atoms with van der Waals surface area (Å²) in [5, 5.41) is 0. The van der Waals surface area contributed by atoms with E-state index in [9.17, 15) is 24.0 Å². The van der Waals surface area contributed by atoms with Crippen LogP contribution in [0, 0.1) is 0 Å². The van der Waals surface area contributed by atoms with Crippen LogP contribution >= 0.6 is 0 Å². The monoisotopic (exact) mass is 504 g/mol. The maximum Gasteiger partial charge on any atom is 0.351 e. The van der Waals surface area contributed by atoms with E-state index in [1.807, 2.05) is 0 Å². The van der Waals surface area contributed by atoms with Gasteiger partial charge in [0, 0.05) is 18.2 Å². The Bertz CT molecular complexity index is 841. The molecular formula is C25H28O11. The Morgan fingerprint density at radius 3 is 1.25 bits per heavy atom. The highest BCUT2D eigenvalue weighted by Crippen LogP contribution is 2.23. The lowest BCUT2D eigenvalue weighted by atomic mass is 10.0. The molecule has 0 radical (unpaired) electrons. The van der Waals surface area contributed by atoms with Crippen LogP contribution in [-0.4, -0.2) is 67.5 Å². The Hall–Kier alpha value is -4.67. The standard InChI is InChI=1S/C25H28O11/c1-8-14-31-24(29)22(33-16(7)10-3)20(34-17(26)11-4)21(35-18(27)12-5)23(36-19(28)13-6)25(30)32-15-9-2/h8-13,20-23H,1-7,14-15H2. The molecule has 0 rings (SSSR count). The number of allylic oxidation sites excluding steroid dienone is 1. The topological polar surface area (TPSA) is 141 Å². The van der Waals surface area contributed by atoms with Crippen molar-refractivity contribution in [1.29, 1.82) is 0 Å². The Balaban J connectivity index is 6.98. The van der Waals surface area contributed by atoms with Gasteiger partial charge in [0.25, 0.3) is 0 Å². The third-order valence-corrected chi connectivity index (χ3v) is 3.83. The Kier molecular flexibility index (Phi) is 14.7. The van der Waals surface area contributed by atoms with Gasteiger partial charge in [-0.3, -0.25) is 0 Å². The smallest absolute Gasteiger partial charge is 0.351 e. The summed E-state index contributed by atoms with van der Waals surface area (Å²) in [6.07, 6.45) is -2.39.